The van der Waals surface area contributed by atoms with Gasteiger partial charge in [0.2, 0.25) is 5.91 Å². The predicted octanol–water partition coefficient (Wildman–Crippen LogP) is 3.67. The van der Waals surface area contributed by atoms with Crippen molar-refractivity contribution in [2.24, 2.45) is 11.8 Å². The molecule has 0 radical (unpaired) electrons. The topological polar surface area (TPSA) is 36.7 Å². The molecule has 4 nitrogen and oxygen atoms in total. The third-order valence-electron chi connectivity index (χ3n) is 6.42. The number of rotatable bonds is 6. The number of aryl methyl sites for hydroxylation is 1. The lowest BCUT2D eigenvalue weighted by Crippen LogP contribution is -2.41. The summed E-state index contributed by atoms with van der Waals surface area (Å²) in [5, 5.41) is 0. The first-order chi connectivity index (χ1) is 12.2. The van der Waals surface area contributed by atoms with Crippen molar-refractivity contribution in [2.75, 3.05) is 32.7 Å². The van der Waals surface area contributed by atoms with Crippen molar-refractivity contribution in [1.82, 2.24) is 9.80 Å². The van der Waals surface area contributed by atoms with Gasteiger partial charge in [-0.05, 0) is 69.2 Å². The first-order valence-electron chi connectivity index (χ1n) is 10.3. The molecule has 3 heterocycles. The maximum absolute atomic E-state index is 12.5. The number of carbonyl (C=O) groups is 1. The van der Waals surface area contributed by atoms with Crippen LogP contribution < -0.4 is 0 Å². The van der Waals surface area contributed by atoms with Gasteiger partial charge in [-0.3, -0.25) is 4.79 Å². The van der Waals surface area contributed by atoms with Gasteiger partial charge < -0.3 is 14.2 Å². The number of piperidine rings is 1. The Hall–Kier alpha value is -1.29. The lowest BCUT2D eigenvalue weighted by molar-refractivity contribution is -0.132. The van der Waals surface area contributed by atoms with Gasteiger partial charge in [0, 0.05) is 38.4 Å². The zero-order valence-corrected chi connectivity index (χ0v) is 15.6. The fraction of sp³-hybridized carbons (Fsp3) is 0.762. The van der Waals surface area contributed by atoms with Gasteiger partial charge in [-0.25, -0.2) is 0 Å². The van der Waals surface area contributed by atoms with E-state index in [1.807, 2.05) is 0 Å². The zero-order valence-electron chi connectivity index (χ0n) is 15.6. The minimum atomic E-state index is 0.303. The Labute approximate surface area is 151 Å². The number of nitrogens with zero attached hydrogens (tertiary/aromatic N) is 2. The smallest absolute Gasteiger partial charge is 0.223 e. The minimum Gasteiger partial charge on any atom is -0.466 e. The summed E-state index contributed by atoms with van der Waals surface area (Å²) in [4.78, 5) is 17.2. The van der Waals surface area contributed by atoms with Crippen LogP contribution in [0.3, 0.4) is 0 Å². The van der Waals surface area contributed by atoms with Gasteiger partial charge in [-0.1, -0.05) is 6.92 Å². The summed E-state index contributed by atoms with van der Waals surface area (Å²) in [6.07, 6.45) is 7.66. The molecule has 1 aromatic rings. The highest BCUT2D eigenvalue weighted by Crippen LogP contribution is 2.47. The predicted molar refractivity (Wildman–Crippen MR) is 98.5 cm³/mol. The molecule has 0 N–H and O–H groups in total. The van der Waals surface area contributed by atoms with E-state index in [1.54, 1.807) is 0 Å². The molecule has 1 amide bonds. The van der Waals surface area contributed by atoms with Crippen LogP contribution in [0.5, 0.6) is 0 Å². The second-order valence-corrected chi connectivity index (χ2v) is 8.46. The summed E-state index contributed by atoms with van der Waals surface area (Å²) in [5.41, 5.74) is 0. The van der Waals surface area contributed by atoms with E-state index in [0.29, 0.717) is 18.2 Å². The Morgan fingerprint density at radius 2 is 1.88 bits per heavy atom. The maximum atomic E-state index is 12.5. The van der Waals surface area contributed by atoms with Crippen LogP contribution >= 0.6 is 0 Å². The molecule has 4 rings (SSSR count). The van der Waals surface area contributed by atoms with Crippen LogP contribution in [0.25, 0.3) is 0 Å². The summed E-state index contributed by atoms with van der Waals surface area (Å²) >= 11 is 0. The fourth-order valence-electron chi connectivity index (χ4n) is 4.53. The van der Waals surface area contributed by atoms with Crippen LogP contribution in [-0.4, -0.2) is 48.4 Å². The summed E-state index contributed by atoms with van der Waals surface area (Å²) in [5.74, 6) is 4.58. The van der Waals surface area contributed by atoms with Crippen LogP contribution in [0.1, 0.15) is 62.9 Å². The first-order valence-corrected chi connectivity index (χ1v) is 10.3. The largest absolute Gasteiger partial charge is 0.466 e. The maximum Gasteiger partial charge on any atom is 0.223 e. The van der Waals surface area contributed by atoms with E-state index in [0.717, 1.165) is 42.9 Å². The van der Waals surface area contributed by atoms with E-state index >= 15 is 0 Å². The summed E-state index contributed by atoms with van der Waals surface area (Å²) in [7, 11) is 0. The standard InChI is InChI=1S/C21H32N2O2/c1-16-14-19(16)20-6-4-18(25-20)5-7-21(24)23-12-8-17(9-13-23)15-22-10-2-3-11-22/h4,6,16-17,19H,2-3,5,7-15H2,1H3/t16-,19+/m0/s1. The Bertz CT molecular complexity index is 582. The van der Waals surface area contributed by atoms with Crippen molar-refractivity contribution >= 4 is 5.91 Å². The molecular formula is C21H32N2O2. The number of furan rings is 1. The Morgan fingerprint density at radius 1 is 1.16 bits per heavy atom. The Morgan fingerprint density at radius 3 is 2.56 bits per heavy atom. The van der Waals surface area contributed by atoms with Crippen molar-refractivity contribution in [1.29, 1.82) is 0 Å². The highest BCUT2D eigenvalue weighted by Gasteiger charge is 2.36. The lowest BCUT2D eigenvalue weighted by atomic mass is 9.96. The van der Waals surface area contributed by atoms with E-state index in [4.69, 9.17) is 4.42 Å². The van der Waals surface area contributed by atoms with Gasteiger partial charge in [0.25, 0.3) is 0 Å². The van der Waals surface area contributed by atoms with Gasteiger partial charge in [-0.2, -0.15) is 0 Å². The van der Waals surface area contributed by atoms with Gasteiger partial charge in [0.1, 0.15) is 11.5 Å². The van der Waals surface area contributed by atoms with Crippen LogP contribution in [0.2, 0.25) is 0 Å². The normalized spacial score (nSPS) is 27.8. The molecule has 2 saturated heterocycles. The first kappa shape index (κ1) is 17.1. The number of hydrogen-bond acceptors (Lipinski definition) is 3. The van der Waals surface area contributed by atoms with Crippen LogP contribution in [-0.2, 0) is 11.2 Å². The third kappa shape index (κ3) is 4.28. The molecule has 3 aliphatic rings. The van der Waals surface area contributed by atoms with Gasteiger partial charge in [-0.15, -0.1) is 0 Å². The molecule has 2 atom stereocenters. The van der Waals surface area contributed by atoms with Crippen LogP contribution in [0.15, 0.2) is 16.5 Å². The SMILES string of the molecule is C[C@H]1C[C@H]1c1ccc(CCC(=O)N2CCC(CN3CCCC3)CC2)o1. The summed E-state index contributed by atoms with van der Waals surface area (Å²) < 4.78 is 5.93. The highest BCUT2D eigenvalue weighted by atomic mass is 16.3. The van der Waals surface area contributed by atoms with Crippen molar-refractivity contribution in [3.8, 4) is 0 Å². The van der Waals surface area contributed by atoms with E-state index in [2.05, 4.69) is 28.9 Å². The average Bonchev–Trinajstić information content (AvgIpc) is 3.04. The van der Waals surface area contributed by atoms with Gasteiger partial charge >= 0.3 is 0 Å². The molecule has 25 heavy (non-hydrogen) atoms. The molecule has 1 aromatic heterocycles. The molecule has 0 spiro atoms. The summed E-state index contributed by atoms with van der Waals surface area (Å²) in [6, 6.07) is 4.17. The van der Waals surface area contributed by atoms with E-state index in [-0.39, 0.29) is 0 Å². The second kappa shape index (κ2) is 7.53. The van der Waals surface area contributed by atoms with E-state index < -0.39 is 0 Å². The minimum absolute atomic E-state index is 0.303. The molecule has 138 valence electrons. The van der Waals surface area contributed by atoms with E-state index in [9.17, 15) is 4.79 Å². The number of likely N-dealkylation sites (tertiary alicyclic amines) is 2. The van der Waals surface area contributed by atoms with Crippen molar-refractivity contribution in [3.05, 3.63) is 23.7 Å². The number of carbonyl (C=O) groups excluding carboxylic acids is 1. The molecular weight excluding hydrogens is 312 g/mol. The molecule has 0 unspecified atom stereocenters. The van der Waals surface area contributed by atoms with Crippen LogP contribution in [0, 0.1) is 11.8 Å². The molecule has 0 aromatic carbocycles. The van der Waals surface area contributed by atoms with Crippen molar-refractivity contribution < 1.29 is 9.21 Å². The van der Waals surface area contributed by atoms with Crippen molar-refractivity contribution in [2.45, 2.75) is 57.8 Å². The van der Waals surface area contributed by atoms with Gasteiger partial charge in [0.05, 0.1) is 0 Å². The molecule has 4 heteroatoms. The second-order valence-electron chi connectivity index (χ2n) is 8.46. The zero-order chi connectivity index (χ0) is 17.2. The molecule has 2 aliphatic heterocycles. The van der Waals surface area contributed by atoms with Crippen LogP contribution in [0.4, 0.5) is 0 Å². The third-order valence-corrected chi connectivity index (χ3v) is 6.42. The monoisotopic (exact) mass is 344 g/mol. The number of hydrogen-bond donors (Lipinski definition) is 0. The fourth-order valence-corrected chi connectivity index (χ4v) is 4.53. The molecule has 1 aliphatic carbocycles. The molecule has 1 saturated carbocycles. The van der Waals surface area contributed by atoms with Crippen molar-refractivity contribution in [3.63, 3.8) is 0 Å². The highest BCUT2D eigenvalue weighted by molar-refractivity contribution is 5.76. The average molecular weight is 344 g/mol. The van der Waals surface area contributed by atoms with Gasteiger partial charge in [0.15, 0.2) is 0 Å². The molecule has 0 bridgehead atoms. The Balaban J connectivity index is 1.18. The Kier molecular flexibility index (Phi) is 5.16. The lowest BCUT2D eigenvalue weighted by Gasteiger charge is -2.34. The quantitative estimate of drug-likeness (QED) is 0.790. The number of amides is 1. The van der Waals surface area contributed by atoms with E-state index in [1.165, 1.54) is 51.7 Å². The molecule has 3 fully saturated rings. The summed E-state index contributed by atoms with van der Waals surface area (Å²) in [6.45, 7) is 7.97.